The van der Waals surface area contributed by atoms with Crippen LogP contribution in [0.3, 0.4) is 0 Å². The summed E-state index contributed by atoms with van der Waals surface area (Å²) in [5.74, 6) is -0.370. The van der Waals surface area contributed by atoms with Gasteiger partial charge in [-0.05, 0) is 68.5 Å². The molecule has 0 saturated heterocycles. The van der Waals surface area contributed by atoms with E-state index in [2.05, 4.69) is 10.5 Å². The Balaban J connectivity index is 1.34. The Morgan fingerprint density at radius 3 is 2.77 bits per heavy atom. The number of carbonyl (C=O) groups excluding carboxylic acids is 1. The lowest BCUT2D eigenvalue weighted by molar-refractivity contribution is -0.385. The molecule has 0 saturated carbocycles. The summed E-state index contributed by atoms with van der Waals surface area (Å²) in [5.41, 5.74) is 5.66. The third-order valence-corrected chi connectivity index (χ3v) is 8.47. The summed E-state index contributed by atoms with van der Waals surface area (Å²) in [6.45, 7) is 1.99. The number of nitro benzene ring substituents is 1. The number of thioether (sulfide) groups is 1. The molecule has 11 heteroatoms. The first-order valence-electron chi connectivity index (χ1n) is 12.4. The fourth-order valence-electron chi connectivity index (χ4n) is 4.46. The molecule has 0 unspecified atom stereocenters. The van der Waals surface area contributed by atoms with Crippen LogP contribution in [0.15, 0.2) is 69.7 Å². The van der Waals surface area contributed by atoms with Crippen LogP contribution in [-0.2, 0) is 17.6 Å². The Labute approximate surface area is 232 Å². The second-order valence-electron chi connectivity index (χ2n) is 9.04. The fourth-order valence-corrected chi connectivity index (χ4v) is 6.57. The van der Waals surface area contributed by atoms with Crippen LogP contribution in [-0.4, -0.2) is 32.3 Å². The number of para-hydroxylation sites is 1. The number of nitrogens with one attached hydrogen (secondary N) is 1. The highest BCUT2D eigenvalue weighted by Gasteiger charge is 2.23. The predicted molar refractivity (Wildman–Crippen MR) is 156 cm³/mol. The molecule has 0 fully saturated rings. The quantitative estimate of drug-likeness (QED) is 0.101. The average Bonchev–Trinajstić information content (AvgIpc) is 3.31. The van der Waals surface area contributed by atoms with Crippen LogP contribution in [0.5, 0.6) is 0 Å². The summed E-state index contributed by atoms with van der Waals surface area (Å²) in [5, 5.41) is 16.2. The van der Waals surface area contributed by atoms with Crippen LogP contribution >= 0.6 is 23.1 Å². The minimum Gasteiger partial charge on any atom is -0.272 e. The molecule has 198 valence electrons. The second-order valence-corrected chi connectivity index (χ2v) is 11.1. The molecule has 1 aliphatic rings. The van der Waals surface area contributed by atoms with Crippen molar-refractivity contribution in [1.82, 2.24) is 15.0 Å². The van der Waals surface area contributed by atoms with E-state index in [4.69, 9.17) is 4.98 Å². The van der Waals surface area contributed by atoms with Gasteiger partial charge in [-0.2, -0.15) is 5.10 Å². The predicted octanol–water partition coefficient (Wildman–Crippen LogP) is 5.45. The summed E-state index contributed by atoms with van der Waals surface area (Å²) in [7, 11) is 0. The van der Waals surface area contributed by atoms with E-state index < -0.39 is 4.92 Å². The highest BCUT2D eigenvalue weighted by Crippen LogP contribution is 2.35. The van der Waals surface area contributed by atoms with Crippen molar-refractivity contribution in [1.29, 1.82) is 0 Å². The number of aromatic nitrogens is 2. The van der Waals surface area contributed by atoms with Crippen molar-refractivity contribution in [3.05, 3.63) is 96.6 Å². The number of hydrazone groups is 1. The molecule has 2 heterocycles. The monoisotopic (exact) mass is 559 g/mol. The van der Waals surface area contributed by atoms with Crippen molar-refractivity contribution < 1.29 is 9.72 Å². The van der Waals surface area contributed by atoms with E-state index in [1.807, 2.05) is 31.2 Å². The molecule has 2 aromatic heterocycles. The average molecular weight is 560 g/mol. The maximum atomic E-state index is 13.8. The molecule has 0 spiro atoms. The summed E-state index contributed by atoms with van der Waals surface area (Å²) < 4.78 is 1.60. The van der Waals surface area contributed by atoms with E-state index >= 15 is 0 Å². The van der Waals surface area contributed by atoms with Crippen LogP contribution in [0.2, 0.25) is 0 Å². The third-order valence-electron chi connectivity index (χ3n) is 6.34. The minimum absolute atomic E-state index is 0.000108. The van der Waals surface area contributed by atoms with Crippen LogP contribution in [0.25, 0.3) is 22.0 Å². The van der Waals surface area contributed by atoms with Crippen LogP contribution < -0.4 is 11.0 Å². The SMILES string of the molecule is Cc1ccc(-n2c(SCC(=O)NN=CC=Cc3ccccc3[N+](=O)[O-])nc3sc4c(c3c2=O)CCCC4)cc1. The number of fused-ring (bicyclic) bond motifs is 3. The topological polar surface area (TPSA) is 119 Å². The van der Waals surface area contributed by atoms with Gasteiger partial charge >= 0.3 is 0 Å². The van der Waals surface area contributed by atoms with Gasteiger partial charge < -0.3 is 0 Å². The molecular formula is C28H25N5O4S2. The van der Waals surface area contributed by atoms with E-state index in [1.165, 1.54) is 35.0 Å². The van der Waals surface area contributed by atoms with Crippen LogP contribution in [0, 0.1) is 17.0 Å². The van der Waals surface area contributed by atoms with Gasteiger partial charge in [0.2, 0.25) is 0 Å². The number of allylic oxidation sites excluding steroid dienone is 1. The molecule has 0 aliphatic heterocycles. The fraction of sp³-hybridized carbons (Fsp3) is 0.214. The molecule has 39 heavy (non-hydrogen) atoms. The van der Waals surface area contributed by atoms with Crippen molar-refractivity contribution in [2.75, 3.05) is 5.75 Å². The Kier molecular flexibility index (Phi) is 7.99. The molecule has 5 rings (SSSR count). The second kappa shape index (κ2) is 11.7. The summed E-state index contributed by atoms with van der Waals surface area (Å²) in [6, 6.07) is 14.0. The smallest absolute Gasteiger partial charge is 0.272 e. The van der Waals surface area contributed by atoms with Gasteiger partial charge in [0.15, 0.2) is 5.16 Å². The van der Waals surface area contributed by atoms with Gasteiger partial charge in [-0.25, -0.2) is 10.4 Å². The molecule has 1 aliphatic carbocycles. The Morgan fingerprint density at radius 2 is 1.97 bits per heavy atom. The third kappa shape index (κ3) is 5.84. The molecular weight excluding hydrogens is 534 g/mol. The number of nitrogens with zero attached hydrogens (tertiary/aromatic N) is 4. The first-order valence-corrected chi connectivity index (χ1v) is 14.2. The molecule has 9 nitrogen and oxygen atoms in total. The molecule has 2 aromatic carbocycles. The molecule has 0 bridgehead atoms. The van der Waals surface area contributed by atoms with Gasteiger partial charge in [0.05, 0.1) is 27.3 Å². The first-order chi connectivity index (χ1) is 18.9. The number of carbonyl (C=O) groups is 1. The van der Waals surface area contributed by atoms with Gasteiger partial charge in [-0.15, -0.1) is 11.3 Å². The summed E-state index contributed by atoms with van der Waals surface area (Å²) >= 11 is 2.75. The highest BCUT2D eigenvalue weighted by molar-refractivity contribution is 7.99. The van der Waals surface area contributed by atoms with Crippen LogP contribution in [0.4, 0.5) is 5.69 Å². The molecule has 4 aromatic rings. The van der Waals surface area contributed by atoms with Crippen molar-refractivity contribution in [3.8, 4) is 5.69 Å². The Morgan fingerprint density at radius 1 is 1.21 bits per heavy atom. The lowest BCUT2D eigenvalue weighted by Gasteiger charge is -2.13. The van der Waals surface area contributed by atoms with E-state index in [-0.39, 0.29) is 22.9 Å². The molecule has 1 amide bonds. The van der Waals surface area contributed by atoms with Gasteiger partial charge in [0.1, 0.15) is 4.83 Å². The number of aryl methyl sites for hydroxylation is 3. The lowest BCUT2D eigenvalue weighted by atomic mass is 9.97. The standard InChI is InChI=1S/C28H25N5O4S2/c1-18-12-14-20(15-13-18)32-27(35)25-21-9-3-5-11-23(21)39-26(25)30-28(32)38-17-24(34)31-29-16-6-8-19-7-2-4-10-22(19)33(36)37/h2,4,6-8,10,12-16H,3,5,9,11,17H2,1H3,(H,31,34). The number of nitro groups is 1. The van der Waals surface area contributed by atoms with Crippen molar-refractivity contribution in [2.24, 2.45) is 5.10 Å². The zero-order valence-electron chi connectivity index (χ0n) is 21.1. The number of benzene rings is 2. The number of amides is 1. The van der Waals surface area contributed by atoms with E-state index in [0.717, 1.165) is 41.6 Å². The maximum Gasteiger partial charge on any atom is 0.276 e. The largest absolute Gasteiger partial charge is 0.276 e. The normalized spacial score (nSPS) is 13.3. The van der Waals surface area contributed by atoms with E-state index in [1.54, 1.807) is 40.2 Å². The minimum atomic E-state index is -0.456. The van der Waals surface area contributed by atoms with E-state index in [0.29, 0.717) is 21.8 Å². The van der Waals surface area contributed by atoms with Gasteiger partial charge in [0, 0.05) is 17.2 Å². The number of thiophene rings is 1. The Bertz CT molecular complexity index is 1670. The van der Waals surface area contributed by atoms with Gasteiger partial charge in [-0.3, -0.25) is 24.3 Å². The van der Waals surface area contributed by atoms with Crippen LogP contribution in [0.1, 0.15) is 34.4 Å². The zero-order valence-corrected chi connectivity index (χ0v) is 22.8. The van der Waals surface area contributed by atoms with Crippen molar-refractivity contribution >= 4 is 57.2 Å². The Hall–Kier alpha value is -4.09. The summed E-state index contributed by atoms with van der Waals surface area (Å²) in [6.07, 6.45) is 8.45. The van der Waals surface area contributed by atoms with E-state index in [9.17, 15) is 19.7 Å². The summed E-state index contributed by atoms with van der Waals surface area (Å²) in [4.78, 5) is 43.8. The van der Waals surface area contributed by atoms with Crippen molar-refractivity contribution in [3.63, 3.8) is 0 Å². The number of hydrogen-bond donors (Lipinski definition) is 1. The van der Waals surface area contributed by atoms with Gasteiger partial charge in [-0.1, -0.05) is 41.6 Å². The van der Waals surface area contributed by atoms with Gasteiger partial charge in [0.25, 0.3) is 17.2 Å². The maximum absolute atomic E-state index is 13.8. The zero-order chi connectivity index (χ0) is 27.4. The number of rotatable bonds is 8. The van der Waals surface area contributed by atoms with Crippen molar-refractivity contribution in [2.45, 2.75) is 37.8 Å². The number of hydrogen-bond acceptors (Lipinski definition) is 8. The first kappa shape index (κ1) is 26.5. The highest BCUT2D eigenvalue weighted by atomic mass is 32.2. The molecule has 0 atom stereocenters. The molecule has 0 radical (unpaired) electrons. The lowest BCUT2D eigenvalue weighted by Crippen LogP contribution is -2.24. The molecule has 1 N–H and O–H groups in total.